The molecular weight excluding hydrogens is 278 g/mol. The average molecular weight is 305 g/mol. The third-order valence-corrected chi connectivity index (χ3v) is 4.43. The standard InChI is InChI=1S/C17H27N3O2/c1-13-19-16-6-3-2-5-15(16)17(20-13)18-9-4-10-22-14-7-11-21-12-8-14/h14H,2-12H2,1H3,(H,18,19,20). The summed E-state index contributed by atoms with van der Waals surface area (Å²) in [7, 11) is 0. The number of rotatable bonds is 6. The minimum absolute atomic E-state index is 0.391. The van der Waals surface area contributed by atoms with Crippen LogP contribution in [0.5, 0.6) is 0 Å². The molecule has 0 spiro atoms. The van der Waals surface area contributed by atoms with E-state index in [-0.39, 0.29) is 0 Å². The Morgan fingerprint density at radius 2 is 2.00 bits per heavy atom. The molecule has 5 heteroatoms. The molecule has 1 aliphatic heterocycles. The van der Waals surface area contributed by atoms with E-state index in [9.17, 15) is 0 Å². The number of ether oxygens (including phenoxy) is 2. The van der Waals surface area contributed by atoms with Crippen molar-refractivity contribution in [2.24, 2.45) is 0 Å². The van der Waals surface area contributed by atoms with Crippen molar-refractivity contribution in [2.45, 2.75) is 58.0 Å². The predicted molar refractivity (Wildman–Crippen MR) is 86.3 cm³/mol. The number of hydrogen-bond donors (Lipinski definition) is 1. The fourth-order valence-electron chi connectivity index (χ4n) is 3.24. The highest BCUT2D eigenvalue weighted by molar-refractivity contribution is 5.47. The largest absolute Gasteiger partial charge is 0.381 e. The van der Waals surface area contributed by atoms with Gasteiger partial charge in [-0.05, 0) is 51.9 Å². The van der Waals surface area contributed by atoms with E-state index in [4.69, 9.17) is 9.47 Å². The second-order valence-electron chi connectivity index (χ2n) is 6.21. The molecule has 0 unspecified atom stereocenters. The molecule has 0 saturated carbocycles. The van der Waals surface area contributed by atoms with E-state index in [1.54, 1.807) is 0 Å². The van der Waals surface area contributed by atoms with E-state index in [2.05, 4.69) is 15.3 Å². The summed E-state index contributed by atoms with van der Waals surface area (Å²) in [6.07, 6.45) is 8.18. The fraction of sp³-hybridized carbons (Fsp3) is 0.765. The first kappa shape index (κ1) is 15.7. The number of fused-ring (bicyclic) bond motifs is 1. The van der Waals surface area contributed by atoms with Crippen LogP contribution < -0.4 is 5.32 Å². The highest BCUT2D eigenvalue weighted by Gasteiger charge is 2.17. The zero-order valence-electron chi connectivity index (χ0n) is 13.6. The molecule has 122 valence electrons. The molecule has 0 radical (unpaired) electrons. The monoisotopic (exact) mass is 305 g/mol. The van der Waals surface area contributed by atoms with Gasteiger partial charge in [0.1, 0.15) is 11.6 Å². The normalized spacial score (nSPS) is 19.0. The molecule has 1 aliphatic carbocycles. The maximum absolute atomic E-state index is 5.90. The molecule has 0 aromatic carbocycles. The van der Waals surface area contributed by atoms with Crippen LogP contribution in [0.2, 0.25) is 0 Å². The summed E-state index contributed by atoms with van der Waals surface area (Å²) in [4.78, 5) is 9.19. The van der Waals surface area contributed by atoms with Crippen LogP contribution in [0.1, 0.15) is 49.2 Å². The van der Waals surface area contributed by atoms with Gasteiger partial charge in [-0.15, -0.1) is 0 Å². The van der Waals surface area contributed by atoms with Gasteiger partial charge in [0.2, 0.25) is 0 Å². The Balaban J connectivity index is 1.44. The lowest BCUT2D eigenvalue weighted by Gasteiger charge is -2.22. The van der Waals surface area contributed by atoms with E-state index < -0.39 is 0 Å². The smallest absolute Gasteiger partial charge is 0.133 e. The Morgan fingerprint density at radius 1 is 1.18 bits per heavy atom. The molecule has 22 heavy (non-hydrogen) atoms. The third-order valence-electron chi connectivity index (χ3n) is 4.43. The molecule has 1 aromatic rings. The summed E-state index contributed by atoms with van der Waals surface area (Å²) >= 11 is 0. The Morgan fingerprint density at radius 3 is 2.86 bits per heavy atom. The molecule has 1 N–H and O–H groups in total. The van der Waals surface area contributed by atoms with Crippen LogP contribution in [0.15, 0.2) is 0 Å². The van der Waals surface area contributed by atoms with Gasteiger partial charge in [0.25, 0.3) is 0 Å². The summed E-state index contributed by atoms with van der Waals surface area (Å²) in [6.45, 7) is 5.38. The summed E-state index contributed by atoms with van der Waals surface area (Å²) in [5.74, 6) is 1.93. The lowest BCUT2D eigenvalue weighted by atomic mass is 9.96. The molecule has 5 nitrogen and oxygen atoms in total. The minimum atomic E-state index is 0.391. The molecule has 0 bridgehead atoms. The van der Waals surface area contributed by atoms with Crippen molar-refractivity contribution in [3.05, 3.63) is 17.1 Å². The summed E-state index contributed by atoms with van der Waals surface area (Å²) in [6, 6.07) is 0. The average Bonchev–Trinajstić information content (AvgIpc) is 2.55. The lowest BCUT2D eigenvalue weighted by molar-refractivity contribution is -0.0316. The highest BCUT2D eigenvalue weighted by Crippen LogP contribution is 2.25. The molecule has 1 aromatic heterocycles. The lowest BCUT2D eigenvalue weighted by Crippen LogP contribution is -2.24. The Hall–Kier alpha value is -1.20. The van der Waals surface area contributed by atoms with Crippen LogP contribution in [-0.2, 0) is 22.3 Å². The van der Waals surface area contributed by atoms with Crippen molar-refractivity contribution in [2.75, 3.05) is 31.7 Å². The van der Waals surface area contributed by atoms with Gasteiger partial charge >= 0.3 is 0 Å². The molecular formula is C17H27N3O2. The van der Waals surface area contributed by atoms with Gasteiger partial charge in [-0.25, -0.2) is 9.97 Å². The summed E-state index contributed by atoms with van der Waals surface area (Å²) in [5.41, 5.74) is 2.59. The Labute approximate surface area is 132 Å². The van der Waals surface area contributed by atoms with E-state index in [0.29, 0.717) is 6.10 Å². The van der Waals surface area contributed by atoms with Crippen molar-refractivity contribution in [3.63, 3.8) is 0 Å². The highest BCUT2D eigenvalue weighted by atomic mass is 16.5. The fourth-order valence-corrected chi connectivity index (χ4v) is 3.24. The second kappa shape index (κ2) is 7.88. The Kier molecular flexibility index (Phi) is 5.62. The maximum atomic E-state index is 5.90. The van der Waals surface area contributed by atoms with E-state index in [1.807, 2.05) is 6.92 Å². The third kappa shape index (κ3) is 4.17. The first-order valence-electron chi connectivity index (χ1n) is 8.62. The first-order valence-corrected chi connectivity index (χ1v) is 8.62. The van der Waals surface area contributed by atoms with E-state index >= 15 is 0 Å². The van der Waals surface area contributed by atoms with Gasteiger partial charge in [-0.1, -0.05) is 0 Å². The van der Waals surface area contributed by atoms with Gasteiger partial charge in [0.05, 0.1) is 6.10 Å². The summed E-state index contributed by atoms with van der Waals surface area (Å²) in [5, 5.41) is 3.50. The van der Waals surface area contributed by atoms with Crippen molar-refractivity contribution in [3.8, 4) is 0 Å². The molecule has 2 aliphatic rings. The molecule has 0 amide bonds. The SMILES string of the molecule is Cc1nc2c(c(NCCCOC3CCOCC3)n1)CCCC2. The molecule has 2 heterocycles. The number of aromatic nitrogens is 2. The van der Waals surface area contributed by atoms with Crippen LogP contribution in [-0.4, -0.2) is 42.4 Å². The van der Waals surface area contributed by atoms with Gasteiger partial charge < -0.3 is 14.8 Å². The number of aryl methyl sites for hydroxylation is 2. The van der Waals surface area contributed by atoms with Crippen LogP contribution in [0.3, 0.4) is 0 Å². The van der Waals surface area contributed by atoms with Crippen LogP contribution >= 0.6 is 0 Å². The van der Waals surface area contributed by atoms with Gasteiger partial charge in [0, 0.05) is 37.6 Å². The maximum Gasteiger partial charge on any atom is 0.133 e. The first-order chi connectivity index (χ1) is 10.8. The predicted octanol–water partition coefficient (Wildman–Crippen LogP) is 2.66. The quantitative estimate of drug-likeness (QED) is 0.819. The van der Waals surface area contributed by atoms with Crippen molar-refractivity contribution < 1.29 is 9.47 Å². The van der Waals surface area contributed by atoms with Crippen molar-refractivity contribution in [1.82, 2.24) is 9.97 Å². The number of hydrogen-bond acceptors (Lipinski definition) is 5. The van der Waals surface area contributed by atoms with Crippen LogP contribution in [0, 0.1) is 6.92 Å². The zero-order valence-corrected chi connectivity index (χ0v) is 13.6. The number of anilines is 1. The van der Waals surface area contributed by atoms with Gasteiger partial charge in [-0.3, -0.25) is 0 Å². The van der Waals surface area contributed by atoms with Crippen molar-refractivity contribution >= 4 is 5.82 Å². The molecule has 3 rings (SSSR count). The number of nitrogens with zero attached hydrogens (tertiary/aromatic N) is 2. The molecule has 1 saturated heterocycles. The minimum Gasteiger partial charge on any atom is -0.381 e. The van der Waals surface area contributed by atoms with E-state index in [0.717, 1.165) is 70.1 Å². The topological polar surface area (TPSA) is 56.3 Å². The van der Waals surface area contributed by atoms with Crippen LogP contribution in [0.4, 0.5) is 5.82 Å². The van der Waals surface area contributed by atoms with Gasteiger partial charge in [-0.2, -0.15) is 0 Å². The van der Waals surface area contributed by atoms with Gasteiger partial charge in [0.15, 0.2) is 0 Å². The van der Waals surface area contributed by atoms with E-state index in [1.165, 1.54) is 24.1 Å². The molecule has 0 atom stereocenters. The Bertz CT molecular complexity index is 487. The van der Waals surface area contributed by atoms with Crippen LogP contribution in [0.25, 0.3) is 0 Å². The second-order valence-corrected chi connectivity index (χ2v) is 6.21. The summed E-state index contributed by atoms with van der Waals surface area (Å²) < 4.78 is 11.2. The molecule has 1 fully saturated rings. The van der Waals surface area contributed by atoms with Crippen molar-refractivity contribution in [1.29, 1.82) is 0 Å². The number of nitrogens with one attached hydrogen (secondary N) is 1. The zero-order chi connectivity index (χ0) is 15.2.